The van der Waals surface area contributed by atoms with Crippen LogP contribution in [0.15, 0.2) is 48.1 Å². The molecule has 2 aliphatic heterocycles. The zero-order valence-corrected chi connectivity index (χ0v) is 21.2. The summed E-state index contributed by atoms with van der Waals surface area (Å²) >= 11 is 0. The van der Waals surface area contributed by atoms with Crippen LogP contribution < -0.4 is 10.4 Å². The fraction of sp³-hybridized carbons (Fsp3) is 0.379. The zero-order chi connectivity index (χ0) is 25.1. The van der Waals surface area contributed by atoms with E-state index in [9.17, 15) is 5.11 Å². The molecule has 3 aromatic rings. The van der Waals surface area contributed by atoms with Crippen LogP contribution in [0.3, 0.4) is 0 Å². The van der Waals surface area contributed by atoms with Gasteiger partial charge in [0.15, 0.2) is 13.1 Å². The van der Waals surface area contributed by atoms with Crippen molar-refractivity contribution in [1.29, 1.82) is 0 Å². The van der Waals surface area contributed by atoms with Gasteiger partial charge in [0.25, 0.3) is 0 Å². The zero-order valence-electron chi connectivity index (χ0n) is 21.2. The van der Waals surface area contributed by atoms with Gasteiger partial charge in [-0.25, -0.2) is 9.67 Å². The predicted octanol–water partition coefficient (Wildman–Crippen LogP) is 3.56. The lowest BCUT2D eigenvalue weighted by Gasteiger charge is -2.31. The molecule has 0 aliphatic carbocycles. The second kappa shape index (κ2) is 10.7. The number of morpholine rings is 1. The number of ether oxygens (including phenoxy) is 1. The Kier molecular flexibility index (Phi) is 7.27. The summed E-state index contributed by atoms with van der Waals surface area (Å²) in [6, 6.07) is 12.4. The largest absolute Gasteiger partial charge is 0.378 e. The molecule has 6 nitrogen and oxygen atoms in total. The van der Waals surface area contributed by atoms with E-state index in [4.69, 9.17) is 14.8 Å². The minimum absolute atomic E-state index is 0.527. The van der Waals surface area contributed by atoms with E-state index >= 15 is 0 Å². The standard InChI is InChI=1S/C29H32BN4O2/c1-4-20(2)7-6-10-27(35)23-18-25-29(30-23)26(33-13-15-36-16-14-33)19-28(31-25)34-12-11-24(32-34)22-9-5-8-21(3)17-22/h5,8-9,11-12,17-20,27,35H,4,7,13-16H2,1-3H3. The monoisotopic (exact) mass is 479 g/mol. The van der Waals surface area contributed by atoms with Crippen LogP contribution in [-0.2, 0) is 4.74 Å². The van der Waals surface area contributed by atoms with Gasteiger partial charge in [-0.3, -0.25) is 0 Å². The Morgan fingerprint density at radius 3 is 2.81 bits per heavy atom. The van der Waals surface area contributed by atoms with Crippen molar-refractivity contribution in [1.82, 2.24) is 14.8 Å². The van der Waals surface area contributed by atoms with Crippen LogP contribution in [0.1, 0.15) is 37.9 Å². The van der Waals surface area contributed by atoms with E-state index in [1.165, 1.54) is 5.56 Å². The van der Waals surface area contributed by atoms with Crippen LogP contribution in [-0.4, -0.2) is 59.6 Å². The van der Waals surface area contributed by atoms with Crippen molar-refractivity contribution in [3.63, 3.8) is 0 Å². The maximum atomic E-state index is 10.8. The first-order valence-corrected chi connectivity index (χ1v) is 12.8. The van der Waals surface area contributed by atoms with Gasteiger partial charge in [0.2, 0.25) is 0 Å². The first kappa shape index (κ1) is 24.4. The fourth-order valence-corrected chi connectivity index (χ4v) is 4.48. The fourth-order valence-electron chi connectivity index (χ4n) is 4.48. The molecule has 0 spiro atoms. The highest BCUT2D eigenvalue weighted by Gasteiger charge is 2.27. The van der Waals surface area contributed by atoms with Crippen LogP contribution in [0.5, 0.6) is 0 Å². The summed E-state index contributed by atoms with van der Waals surface area (Å²) < 4.78 is 7.42. The Hall–Kier alpha value is -3.34. The van der Waals surface area contributed by atoms with Gasteiger partial charge in [-0.05, 0) is 36.5 Å². The smallest absolute Gasteiger partial charge is 0.196 e. The average Bonchev–Trinajstić information content (AvgIpc) is 3.56. The molecule has 0 bridgehead atoms. The molecule has 1 aromatic carbocycles. The Bertz CT molecular complexity index is 1330. The number of fused-ring (bicyclic) bond motifs is 1. The number of hydrogen-bond acceptors (Lipinski definition) is 5. The van der Waals surface area contributed by atoms with Crippen molar-refractivity contribution in [3.8, 4) is 28.9 Å². The van der Waals surface area contributed by atoms with Crippen molar-refractivity contribution in [2.45, 2.75) is 39.7 Å². The number of nitrogens with zero attached hydrogens (tertiary/aromatic N) is 4. The lowest BCUT2D eigenvalue weighted by atomic mass is 9.64. The van der Waals surface area contributed by atoms with Gasteiger partial charge < -0.3 is 14.7 Å². The molecule has 5 rings (SSSR count). The molecular weight excluding hydrogens is 447 g/mol. The van der Waals surface area contributed by atoms with E-state index in [1.807, 2.05) is 36.4 Å². The summed E-state index contributed by atoms with van der Waals surface area (Å²) in [4.78, 5) is 7.26. The Balaban J connectivity index is 1.48. The van der Waals surface area contributed by atoms with Crippen LogP contribution in [0.25, 0.3) is 23.2 Å². The number of aromatic nitrogens is 3. The molecule has 2 unspecified atom stereocenters. The maximum Gasteiger partial charge on any atom is 0.196 e. The summed E-state index contributed by atoms with van der Waals surface area (Å²) in [5.41, 5.74) is 6.90. The number of pyridine rings is 1. The molecule has 0 amide bonds. The van der Waals surface area contributed by atoms with Crippen molar-refractivity contribution in [2.24, 2.45) is 5.92 Å². The molecule has 7 heteroatoms. The van der Waals surface area contributed by atoms with Gasteiger partial charge in [0.1, 0.15) is 6.10 Å². The molecular formula is C29H32BN4O2. The van der Waals surface area contributed by atoms with Crippen molar-refractivity contribution < 1.29 is 9.84 Å². The second-order valence-corrected chi connectivity index (χ2v) is 9.64. The van der Waals surface area contributed by atoms with Crippen LogP contribution in [0, 0.1) is 24.7 Å². The molecule has 1 N–H and O–H groups in total. The van der Waals surface area contributed by atoms with E-state index in [1.54, 1.807) is 0 Å². The number of benzene rings is 1. The van der Waals surface area contributed by atoms with Gasteiger partial charge in [0, 0.05) is 43.0 Å². The van der Waals surface area contributed by atoms with Gasteiger partial charge in [0.05, 0.1) is 24.6 Å². The highest BCUT2D eigenvalue weighted by atomic mass is 16.5. The summed E-state index contributed by atoms with van der Waals surface area (Å²) in [7, 11) is 2.03. The Morgan fingerprint density at radius 1 is 1.19 bits per heavy atom. The molecule has 1 radical (unpaired) electrons. The van der Waals surface area contributed by atoms with Crippen molar-refractivity contribution in [2.75, 3.05) is 31.2 Å². The topological polar surface area (TPSA) is 63.4 Å². The number of aliphatic hydroxyl groups excluding tert-OH is 1. The molecule has 1 fully saturated rings. The van der Waals surface area contributed by atoms with E-state index in [2.05, 4.69) is 61.8 Å². The van der Waals surface area contributed by atoms with Crippen molar-refractivity contribution in [3.05, 3.63) is 59.3 Å². The highest BCUT2D eigenvalue weighted by Crippen LogP contribution is 2.26. The number of anilines is 1. The van der Waals surface area contributed by atoms with Gasteiger partial charge in [-0.2, -0.15) is 5.10 Å². The van der Waals surface area contributed by atoms with Gasteiger partial charge in [-0.15, -0.1) is 0 Å². The molecule has 36 heavy (non-hydrogen) atoms. The molecule has 183 valence electrons. The highest BCUT2D eigenvalue weighted by molar-refractivity contribution is 6.67. The first-order chi connectivity index (χ1) is 17.5. The molecule has 2 aliphatic rings. The number of aryl methyl sites for hydroxylation is 1. The summed E-state index contributed by atoms with van der Waals surface area (Å²) in [5, 5.41) is 15.6. The van der Waals surface area contributed by atoms with Gasteiger partial charge in [-0.1, -0.05) is 61.3 Å². The quantitative estimate of drug-likeness (QED) is 0.433. The lowest BCUT2D eigenvalue weighted by Crippen LogP contribution is -2.40. The third kappa shape index (κ3) is 5.25. The van der Waals surface area contributed by atoms with E-state index in [0.29, 0.717) is 19.1 Å². The number of rotatable bonds is 6. The van der Waals surface area contributed by atoms with E-state index < -0.39 is 6.10 Å². The normalized spacial score (nSPS) is 16.4. The molecule has 2 aromatic heterocycles. The summed E-state index contributed by atoms with van der Waals surface area (Å²) in [5.74, 6) is 7.45. The van der Waals surface area contributed by atoms with E-state index in [-0.39, 0.29) is 0 Å². The van der Waals surface area contributed by atoms with Crippen LogP contribution >= 0.6 is 0 Å². The predicted molar refractivity (Wildman–Crippen MR) is 146 cm³/mol. The SMILES string of the molecule is CCC(C)CC#CC(O)C1=Cc2nc(-n3ccc(-c4cccc(C)c4)n3)cc(N3CCOCC3)c2[B]1. The van der Waals surface area contributed by atoms with E-state index in [0.717, 1.165) is 65.3 Å². The van der Waals surface area contributed by atoms with Crippen LogP contribution in [0.4, 0.5) is 5.69 Å². The summed E-state index contributed by atoms with van der Waals surface area (Å²) in [6.07, 6.45) is 4.95. The first-order valence-electron chi connectivity index (χ1n) is 12.8. The van der Waals surface area contributed by atoms with Crippen LogP contribution in [0.2, 0.25) is 0 Å². The minimum Gasteiger partial charge on any atom is -0.378 e. The average molecular weight is 479 g/mol. The second-order valence-electron chi connectivity index (χ2n) is 9.64. The number of aliphatic hydroxyl groups is 1. The lowest BCUT2D eigenvalue weighted by molar-refractivity contribution is 0.123. The third-order valence-corrected chi connectivity index (χ3v) is 6.86. The third-order valence-electron chi connectivity index (χ3n) is 6.86. The molecule has 2 atom stereocenters. The molecule has 1 saturated heterocycles. The maximum absolute atomic E-state index is 10.8. The Morgan fingerprint density at radius 2 is 2.03 bits per heavy atom. The van der Waals surface area contributed by atoms with Crippen molar-refractivity contribution >= 4 is 24.5 Å². The molecule has 0 saturated carbocycles. The summed E-state index contributed by atoms with van der Waals surface area (Å²) in [6.45, 7) is 9.42. The minimum atomic E-state index is -0.832. The number of hydrogen-bond donors (Lipinski definition) is 1. The van der Waals surface area contributed by atoms with Gasteiger partial charge >= 0.3 is 0 Å². The Labute approximate surface area is 214 Å². The molecule has 4 heterocycles.